The average molecular weight is 270 g/mol. The van der Waals surface area contributed by atoms with Gasteiger partial charge in [-0.2, -0.15) is 0 Å². The number of carboxylic acids is 1. The fraction of sp³-hybridized carbons (Fsp3) is 0.538. The van der Waals surface area contributed by atoms with Crippen molar-refractivity contribution in [1.82, 2.24) is 9.88 Å². The maximum atomic E-state index is 12.5. The van der Waals surface area contributed by atoms with Gasteiger partial charge in [0, 0.05) is 17.4 Å². The molecule has 0 aliphatic rings. The molecule has 0 saturated heterocycles. The van der Waals surface area contributed by atoms with Crippen LogP contribution in [0.5, 0.6) is 0 Å². The first-order valence-corrected chi connectivity index (χ1v) is 6.07. The third kappa shape index (κ3) is 3.13. The average Bonchev–Trinajstić information content (AvgIpc) is 2.60. The highest BCUT2D eigenvalue weighted by Crippen LogP contribution is 2.20. The molecule has 1 aromatic rings. The van der Waals surface area contributed by atoms with Gasteiger partial charge in [-0.15, -0.1) is 0 Å². The number of aliphatic carboxylic acids is 1. The predicted octanol–water partition coefficient (Wildman–Crippen LogP) is 1.84. The minimum Gasteiger partial charge on any atom is -0.480 e. The fourth-order valence-corrected chi connectivity index (χ4v) is 2.20. The molecule has 1 heterocycles. The van der Waals surface area contributed by atoms with Crippen molar-refractivity contribution in [2.45, 2.75) is 39.8 Å². The molecule has 1 aromatic heterocycles. The van der Waals surface area contributed by atoms with Crippen molar-refractivity contribution < 1.29 is 19.1 Å². The second-order valence-corrected chi connectivity index (χ2v) is 4.77. The summed E-state index contributed by atoms with van der Waals surface area (Å²) in [4.78, 5) is 22.7. The lowest BCUT2D eigenvalue weighted by molar-refractivity contribution is -0.139. The van der Waals surface area contributed by atoms with Gasteiger partial charge in [-0.05, 0) is 33.8 Å². The Bertz CT molecular complexity index is 494. The Labute approximate surface area is 111 Å². The van der Waals surface area contributed by atoms with E-state index in [1.807, 2.05) is 25.3 Å². The third-order valence-corrected chi connectivity index (χ3v) is 3.00. The lowest BCUT2D eigenvalue weighted by Gasteiger charge is -2.14. The molecule has 0 aliphatic carbocycles. The summed E-state index contributed by atoms with van der Waals surface area (Å²) < 4.78 is 14.5. The van der Waals surface area contributed by atoms with E-state index in [9.17, 15) is 14.0 Å². The minimum atomic E-state index is -1.50. The first kappa shape index (κ1) is 15.2. The van der Waals surface area contributed by atoms with Gasteiger partial charge in [0.15, 0.2) is 6.04 Å². The summed E-state index contributed by atoms with van der Waals surface area (Å²) in [7, 11) is 0. The molecule has 1 atom stereocenters. The van der Waals surface area contributed by atoms with Crippen molar-refractivity contribution in [2.24, 2.45) is 0 Å². The van der Waals surface area contributed by atoms with E-state index in [0.29, 0.717) is 5.56 Å². The van der Waals surface area contributed by atoms with Crippen LogP contribution in [0.4, 0.5) is 4.39 Å². The smallest absolute Gasteiger partial charge is 0.328 e. The molecule has 6 heteroatoms. The van der Waals surface area contributed by atoms with Crippen LogP contribution in [0.25, 0.3) is 0 Å². The van der Waals surface area contributed by atoms with Crippen molar-refractivity contribution in [2.75, 3.05) is 6.67 Å². The van der Waals surface area contributed by atoms with E-state index in [2.05, 4.69) is 5.32 Å². The molecule has 0 bridgehead atoms. The summed E-state index contributed by atoms with van der Waals surface area (Å²) >= 11 is 0. The fourth-order valence-electron chi connectivity index (χ4n) is 2.20. The van der Waals surface area contributed by atoms with Gasteiger partial charge in [-0.1, -0.05) is 0 Å². The van der Waals surface area contributed by atoms with Crippen molar-refractivity contribution >= 4 is 11.9 Å². The van der Waals surface area contributed by atoms with Gasteiger partial charge in [-0.25, -0.2) is 9.18 Å². The van der Waals surface area contributed by atoms with Crippen LogP contribution in [-0.4, -0.2) is 34.3 Å². The number of aryl methyl sites for hydroxylation is 1. The maximum Gasteiger partial charge on any atom is 0.328 e. The molecule has 0 fully saturated rings. The van der Waals surface area contributed by atoms with Crippen LogP contribution in [-0.2, 0) is 4.79 Å². The van der Waals surface area contributed by atoms with Gasteiger partial charge in [0.1, 0.15) is 6.67 Å². The summed E-state index contributed by atoms with van der Waals surface area (Å²) in [6, 6.07) is 0.370. The summed E-state index contributed by atoms with van der Waals surface area (Å²) in [6.45, 7) is 6.50. The Hall–Kier alpha value is -1.85. The van der Waals surface area contributed by atoms with Gasteiger partial charge < -0.3 is 15.0 Å². The highest BCUT2D eigenvalue weighted by molar-refractivity contribution is 5.97. The van der Waals surface area contributed by atoms with Gasteiger partial charge >= 0.3 is 5.97 Å². The zero-order valence-corrected chi connectivity index (χ0v) is 11.5. The number of hydrogen-bond acceptors (Lipinski definition) is 2. The lowest BCUT2D eigenvalue weighted by Crippen LogP contribution is -2.42. The Kier molecular flexibility index (Phi) is 4.69. The summed E-state index contributed by atoms with van der Waals surface area (Å²) in [5.74, 6) is -1.95. The topological polar surface area (TPSA) is 71.3 Å². The maximum absolute atomic E-state index is 12.5. The van der Waals surface area contributed by atoms with Crippen molar-refractivity contribution in [1.29, 1.82) is 0 Å². The number of carbonyl (C=O) groups excluding carboxylic acids is 1. The highest BCUT2D eigenvalue weighted by atomic mass is 19.1. The Morgan fingerprint density at radius 1 is 1.42 bits per heavy atom. The second-order valence-electron chi connectivity index (χ2n) is 4.77. The summed E-state index contributed by atoms with van der Waals surface area (Å²) in [6.07, 6.45) is 0. The number of nitrogens with one attached hydrogen (secondary N) is 1. The van der Waals surface area contributed by atoms with Crippen LogP contribution in [0.2, 0.25) is 0 Å². The van der Waals surface area contributed by atoms with Crippen LogP contribution in [0.3, 0.4) is 0 Å². The van der Waals surface area contributed by atoms with Gasteiger partial charge in [0.05, 0.1) is 5.56 Å². The van der Waals surface area contributed by atoms with Gasteiger partial charge in [-0.3, -0.25) is 4.79 Å². The number of amides is 1. The number of rotatable bonds is 5. The number of carbonyl (C=O) groups is 2. The molecule has 0 radical (unpaired) electrons. The third-order valence-electron chi connectivity index (χ3n) is 3.00. The van der Waals surface area contributed by atoms with E-state index in [1.165, 1.54) is 0 Å². The van der Waals surface area contributed by atoms with E-state index in [0.717, 1.165) is 11.4 Å². The summed E-state index contributed by atoms with van der Waals surface area (Å²) in [5, 5.41) is 10.9. The Balaban J connectivity index is 3.01. The standard InChI is InChI=1S/C13H19FN2O3/c1-7(2)16-8(3)5-10(9(16)4)12(17)15-11(6-14)13(18)19/h5,7,11H,6H2,1-4H3,(H,15,17)(H,18,19). The van der Waals surface area contributed by atoms with Crippen LogP contribution in [0.1, 0.15) is 41.6 Å². The number of halogens is 1. The number of alkyl halides is 1. The molecule has 1 rings (SSSR count). The largest absolute Gasteiger partial charge is 0.480 e. The van der Waals surface area contributed by atoms with Crippen molar-refractivity contribution in [3.8, 4) is 0 Å². The Morgan fingerprint density at radius 2 is 2.00 bits per heavy atom. The zero-order valence-electron chi connectivity index (χ0n) is 11.5. The molecule has 106 valence electrons. The van der Waals surface area contributed by atoms with Crippen molar-refractivity contribution in [3.05, 3.63) is 23.0 Å². The molecule has 1 unspecified atom stereocenters. The van der Waals surface area contributed by atoms with E-state index in [-0.39, 0.29) is 6.04 Å². The molecular weight excluding hydrogens is 251 g/mol. The van der Waals surface area contributed by atoms with Gasteiger partial charge in [0.25, 0.3) is 5.91 Å². The van der Waals surface area contributed by atoms with E-state index < -0.39 is 24.6 Å². The zero-order chi connectivity index (χ0) is 14.7. The molecule has 2 N–H and O–H groups in total. The number of aromatic nitrogens is 1. The van der Waals surface area contributed by atoms with Crippen LogP contribution < -0.4 is 5.32 Å². The molecule has 0 saturated carbocycles. The number of carboxylic acid groups (broad SMARTS) is 1. The predicted molar refractivity (Wildman–Crippen MR) is 69.2 cm³/mol. The summed E-state index contributed by atoms with van der Waals surface area (Å²) in [5.41, 5.74) is 2.03. The molecule has 19 heavy (non-hydrogen) atoms. The molecule has 0 aliphatic heterocycles. The lowest BCUT2D eigenvalue weighted by atomic mass is 10.2. The first-order valence-electron chi connectivity index (χ1n) is 6.07. The quantitative estimate of drug-likeness (QED) is 0.857. The van der Waals surface area contributed by atoms with Crippen LogP contribution in [0, 0.1) is 13.8 Å². The number of hydrogen-bond donors (Lipinski definition) is 2. The number of nitrogens with zero attached hydrogens (tertiary/aromatic N) is 1. The molecule has 0 aromatic carbocycles. The molecule has 5 nitrogen and oxygen atoms in total. The Morgan fingerprint density at radius 3 is 2.37 bits per heavy atom. The normalized spacial score (nSPS) is 12.5. The second kappa shape index (κ2) is 5.86. The van der Waals surface area contributed by atoms with E-state index in [4.69, 9.17) is 5.11 Å². The van der Waals surface area contributed by atoms with Gasteiger partial charge in [0.2, 0.25) is 0 Å². The first-order chi connectivity index (χ1) is 8.79. The van der Waals surface area contributed by atoms with Crippen molar-refractivity contribution in [3.63, 3.8) is 0 Å². The van der Waals surface area contributed by atoms with Crippen LogP contribution >= 0.6 is 0 Å². The molecular formula is C13H19FN2O3. The van der Waals surface area contributed by atoms with Crippen LogP contribution in [0.15, 0.2) is 6.07 Å². The van der Waals surface area contributed by atoms with E-state index >= 15 is 0 Å². The molecule has 1 amide bonds. The monoisotopic (exact) mass is 270 g/mol. The minimum absolute atomic E-state index is 0.193. The molecule has 0 spiro atoms. The SMILES string of the molecule is Cc1cc(C(=O)NC(CF)C(=O)O)c(C)n1C(C)C. The van der Waals surface area contributed by atoms with E-state index in [1.54, 1.807) is 13.0 Å². The highest BCUT2D eigenvalue weighted by Gasteiger charge is 2.23.